The number of carboxylic acid groups (broad SMARTS) is 1. The summed E-state index contributed by atoms with van der Waals surface area (Å²) in [6.07, 6.45) is 3.67. The molecule has 0 saturated heterocycles. The van der Waals surface area contributed by atoms with Gasteiger partial charge >= 0.3 is 12.1 Å². The maximum atomic E-state index is 11.1. The summed E-state index contributed by atoms with van der Waals surface area (Å²) in [6.45, 7) is 0. The molecular weight excluding hydrogens is 174 g/mol. The molecular formula is C8H11NO4. The lowest BCUT2D eigenvalue weighted by atomic mass is 10.1. The van der Waals surface area contributed by atoms with Gasteiger partial charge in [0, 0.05) is 6.20 Å². The van der Waals surface area contributed by atoms with E-state index in [0.717, 1.165) is 4.90 Å². The van der Waals surface area contributed by atoms with Gasteiger partial charge in [0.15, 0.2) is 0 Å². The number of carbonyl (C=O) groups is 2. The number of ether oxygens (including phenoxy) is 1. The third-order valence-electron chi connectivity index (χ3n) is 1.88. The van der Waals surface area contributed by atoms with Crippen molar-refractivity contribution in [2.75, 3.05) is 7.11 Å². The smallest absolute Gasteiger partial charge is 0.414 e. The van der Waals surface area contributed by atoms with Gasteiger partial charge in [0.2, 0.25) is 0 Å². The van der Waals surface area contributed by atoms with Gasteiger partial charge < -0.3 is 9.84 Å². The highest BCUT2D eigenvalue weighted by molar-refractivity contribution is 5.81. The summed E-state index contributed by atoms with van der Waals surface area (Å²) in [5.41, 5.74) is 0. The third kappa shape index (κ3) is 1.99. The molecule has 0 aromatic rings. The van der Waals surface area contributed by atoms with Crippen LogP contribution in [0.25, 0.3) is 0 Å². The first-order valence-electron chi connectivity index (χ1n) is 3.92. The van der Waals surface area contributed by atoms with Gasteiger partial charge in [-0.15, -0.1) is 0 Å². The summed E-state index contributed by atoms with van der Waals surface area (Å²) >= 11 is 0. The quantitative estimate of drug-likeness (QED) is 0.656. The molecule has 1 unspecified atom stereocenters. The van der Waals surface area contributed by atoms with Crippen LogP contribution in [-0.2, 0) is 9.53 Å². The average molecular weight is 185 g/mol. The molecule has 13 heavy (non-hydrogen) atoms. The molecule has 0 saturated carbocycles. The molecule has 1 aliphatic rings. The number of rotatable bonds is 1. The Morgan fingerprint density at radius 2 is 2.31 bits per heavy atom. The average Bonchev–Trinajstić information content (AvgIpc) is 2.16. The Bertz CT molecular complexity index is 249. The van der Waals surface area contributed by atoms with Crippen LogP contribution in [0, 0.1) is 0 Å². The predicted octanol–water partition coefficient (Wildman–Crippen LogP) is 0.815. The number of carboxylic acids is 1. The van der Waals surface area contributed by atoms with Crippen molar-refractivity contribution >= 4 is 12.1 Å². The minimum atomic E-state index is -1.00. The second kappa shape index (κ2) is 3.93. The molecule has 0 spiro atoms. The number of carbonyl (C=O) groups excluding carboxylic acids is 1. The minimum Gasteiger partial charge on any atom is -0.480 e. The Balaban J connectivity index is 2.77. The fourth-order valence-electron chi connectivity index (χ4n) is 1.22. The third-order valence-corrected chi connectivity index (χ3v) is 1.88. The normalized spacial score (nSPS) is 21.3. The summed E-state index contributed by atoms with van der Waals surface area (Å²) in [4.78, 5) is 22.9. The number of amides is 1. The summed E-state index contributed by atoms with van der Waals surface area (Å²) in [6, 6.07) is -0.794. The molecule has 1 heterocycles. The van der Waals surface area contributed by atoms with Crippen molar-refractivity contribution in [1.82, 2.24) is 4.90 Å². The van der Waals surface area contributed by atoms with E-state index in [1.807, 2.05) is 0 Å². The second-order valence-corrected chi connectivity index (χ2v) is 2.69. The highest BCUT2D eigenvalue weighted by Gasteiger charge is 2.29. The van der Waals surface area contributed by atoms with E-state index in [1.165, 1.54) is 13.3 Å². The molecule has 1 rings (SSSR count). The topological polar surface area (TPSA) is 66.8 Å². The Labute approximate surface area is 75.6 Å². The number of aliphatic carboxylic acids is 1. The van der Waals surface area contributed by atoms with E-state index in [4.69, 9.17) is 5.11 Å². The SMILES string of the molecule is COC(=O)N1C=CCCC1C(=O)O. The molecule has 0 radical (unpaired) electrons. The standard InChI is InChI=1S/C8H11NO4/c1-13-8(12)9-5-3-2-4-6(9)7(10)11/h3,5-6H,2,4H2,1H3,(H,10,11). The summed E-state index contributed by atoms with van der Waals surface area (Å²) < 4.78 is 4.44. The van der Waals surface area contributed by atoms with Crippen molar-refractivity contribution in [3.8, 4) is 0 Å². The number of methoxy groups -OCH3 is 1. The molecule has 0 aromatic carbocycles. The maximum absolute atomic E-state index is 11.1. The zero-order chi connectivity index (χ0) is 9.84. The molecule has 72 valence electrons. The lowest BCUT2D eigenvalue weighted by molar-refractivity contribution is -0.142. The first-order valence-corrected chi connectivity index (χ1v) is 3.92. The van der Waals surface area contributed by atoms with Crippen molar-refractivity contribution in [2.24, 2.45) is 0 Å². The van der Waals surface area contributed by atoms with E-state index < -0.39 is 18.1 Å². The van der Waals surface area contributed by atoms with Crippen LogP contribution in [-0.4, -0.2) is 35.2 Å². The number of nitrogens with zero attached hydrogens (tertiary/aromatic N) is 1. The number of hydrogen-bond acceptors (Lipinski definition) is 3. The van der Waals surface area contributed by atoms with E-state index in [-0.39, 0.29) is 0 Å². The van der Waals surface area contributed by atoms with Crippen LogP contribution in [0.4, 0.5) is 4.79 Å². The van der Waals surface area contributed by atoms with Crippen LogP contribution in [0.15, 0.2) is 12.3 Å². The van der Waals surface area contributed by atoms with Gasteiger partial charge in [0.1, 0.15) is 6.04 Å². The predicted molar refractivity (Wildman–Crippen MR) is 44.0 cm³/mol. The fourth-order valence-corrected chi connectivity index (χ4v) is 1.22. The molecule has 5 heteroatoms. The highest BCUT2D eigenvalue weighted by Crippen LogP contribution is 2.15. The van der Waals surface area contributed by atoms with Gasteiger partial charge in [0.25, 0.3) is 0 Å². The van der Waals surface area contributed by atoms with Crippen molar-refractivity contribution in [3.63, 3.8) is 0 Å². The first kappa shape index (κ1) is 9.57. The zero-order valence-electron chi connectivity index (χ0n) is 7.27. The monoisotopic (exact) mass is 185 g/mol. The molecule has 1 N–H and O–H groups in total. The molecule has 0 aliphatic carbocycles. The van der Waals surface area contributed by atoms with Gasteiger partial charge in [-0.1, -0.05) is 6.08 Å². The van der Waals surface area contributed by atoms with E-state index in [2.05, 4.69) is 4.74 Å². The Kier molecular flexibility index (Phi) is 2.89. The lowest BCUT2D eigenvalue weighted by Gasteiger charge is -2.26. The van der Waals surface area contributed by atoms with Crippen LogP contribution < -0.4 is 0 Å². The molecule has 5 nitrogen and oxygen atoms in total. The lowest BCUT2D eigenvalue weighted by Crippen LogP contribution is -2.42. The van der Waals surface area contributed by atoms with Crippen LogP contribution in [0.2, 0.25) is 0 Å². The minimum absolute atomic E-state index is 0.431. The Morgan fingerprint density at radius 3 is 2.85 bits per heavy atom. The van der Waals surface area contributed by atoms with E-state index in [9.17, 15) is 9.59 Å². The van der Waals surface area contributed by atoms with E-state index in [1.54, 1.807) is 6.08 Å². The molecule has 1 atom stereocenters. The van der Waals surface area contributed by atoms with Crippen molar-refractivity contribution in [3.05, 3.63) is 12.3 Å². The Morgan fingerprint density at radius 1 is 1.62 bits per heavy atom. The Hall–Kier alpha value is -1.52. The van der Waals surface area contributed by atoms with Gasteiger partial charge in [-0.05, 0) is 12.8 Å². The summed E-state index contributed by atoms with van der Waals surface area (Å²) in [5.74, 6) is -1.00. The number of allylic oxidation sites excluding steroid dienone is 1. The largest absolute Gasteiger partial charge is 0.480 e. The fraction of sp³-hybridized carbons (Fsp3) is 0.500. The highest BCUT2D eigenvalue weighted by atomic mass is 16.5. The molecule has 1 aliphatic heterocycles. The van der Waals surface area contributed by atoms with Crippen molar-refractivity contribution < 1.29 is 19.4 Å². The van der Waals surface area contributed by atoms with Crippen LogP contribution in [0.3, 0.4) is 0 Å². The maximum Gasteiger partial charge on any atom is 0.414 e. The summed E-state index contributed by atoms with van der Waals surface area (Å²) in [7, 11) is 1.23. The van der Waals surface area contributed by atoms with Crippen LogP contribution in [0.1, 0.15) is 12.8 Å². The molecule has 1 amide bonds. The zero-order valence-corrected chi connectivity index (χ0v) is 7.27. The van der Waals surface area contributed by atoms with E-state index >= 15 is 0 Å². The molecule has 0 aromatic heterocycles. The van der Waals surface area contributed by atoms with Gasteiger partial charge in [-0.25, -0.2) is 9.59 Å². The van der Waals surface area contributed by atoms with Crippen LogP contribution >= 0.6 is 0 Å². The first-order chi connectivity index (χ1) is 6.16. The molecule has 0 fully saturated rings. The van der Waals surface area contributed by atoms with Gasteiger partial charge in [0.05, 0.1) is 7.11 Å². The van der Waals surface area contributed by atoms with Crippen molar-refractivity contribution in [1.29, 1.82) is 0 Å². The van der Waals surface area contributed by atoms with Crippen LogP contribution in [0.5, 0.6) is 0 Å². The van der Waals surface area contributed by atoms with Crippen molar-refractivity contribution in [2.45, 2.75) is 18.9 Å². The number of hydrogen-bond donors (Lipinski definition) is 1. The second-order valence-electron chi connectivity index (χ2n) is 2.69. The molecule has 0 bridgehead atoms. The van der Waals surface area contributed by atoms with E-state index in [0.29, 0.717) is 12.8 Å². The van der Waals surface area contributed by atoms with Gasteiger partial charge in [-0.3, -0.25) is 4.90 Å². The van der Waals surface area contributed by atoms with Gasteiger partial charge in [-0.2, -0.15) is 0 Å². The summed E-state index contributed by atoms with van der Waals surface area (Å²) in [5, 5.41) is 8.77.